The number of aliphatic hydroxyl groups is 1. The van der Waals surface area contributed by atoms with Gasteiger partial charge in [-0.15, -0.1) is 0 Å². The summed E-state index contributed by atoms with van der Waals surface area (Å²) in [6, 6.07) is 15.5. The summed E-state index contributed by atoms with van der Waals surface area (Å²) in [5.41, 5.74) is 1.34. The highest BCUT2D eigenvalue weighted by atomic mass is 16.5. The van der Waals surface area contributed by atoms with Gasteiger partial charge in [-0.25, -0.2) is 0 Å². The molecule has 0 bridgehead atoms. The molecule has 1 N–H and O–H groups in total. The van der Waals surface area contributed by atoms with Gasteiger partial charge >= 0.3 is 0 Å². The van der Waals surface area contributed by atoms with Crippen LogP contribution < -0.4 is 4.74 Å². The first-order valence-electron chi connectivity index (χ1n) is 10.6. The van der Waals surface area contributed by atoms with Crippen LogP contribution in [0.1, 0.15) is 44.4 Å². The van der Waals surface area contributed by atoms with Crippen molar-refractivity contribution < 1.29 is 24.2 Å². The third-order valence-electron chi connectivity index (χ3n) is 5.09. The van der Waals surface area contributed by atoms with E-state index in [0.29, 0.717) is 37.5 Å². The summed E-state index contributed by atoms with van der Waals surface area (Å²) in [4.78, 5) is 27.4. The van der Waals surface area contributed by atoms with Gasteiger partial charge in [0.1, 0.15) is 11.5 Å². The number of hydrogen-bond donors (Lipinski definition) is 1. The first kappa shape index (κ1) is 22.6. The molecule has 1 heterocycles. The highest BCUT2D eigenvalue weighted by Crippen LogP contribution is 2.39. The van der Waals surface area contributed by atoms with Gasteiger partial charge < -0.3 is 19.5 Å². The summed E-state index contributed by atoms with van der Waals surface area (Å²) in [5, 5.41) is 11.0. The van der Waals surface area contributed by atoms with Gasteiger partial charge in [0.15, 0.2) is 0 Å². The van der Waals surface area contributed by atoms with Crippen molar-refractivity contribution in [1.29, 1.82) is 0 Å². The van der Waals surface area contributed by atoms with Crippen molar-refractivity contribution in [2.45, 2.75) is 39.3 Å². The predicted molar refractivity (Wildman–Crippen MR) is 119 cm³/mol. The van der Waals surface area contributed by atoms with E-state index in [2.05, 4.69) is 0 Å². The molecule has 164 valence electrons. The summed E-state index contributed by atoms with van der Waals surface area (Å²) in [6.07, 6.45) is 0.692. The monoisotopic (exact) mass is 423 g/mol. The van der Waals surface area contributed by atoms with Crippen LogP contribution in [0.3, 0.4) is 0 Å². The number of aliphatic hydroxyl groups excluding tert-OH is 1. The van der Waals surface area contributed by atoms with Gasteiger partial charge in [0, 0.05) is 18.7 Å². The maximum absolute atomic E-state index is 13.0. The first-order chi connectivity index (χ1) is 14.9. The predicted octanol–water partition coefficient (Wildman–Crippen LogP) is 4.32. The van der Waals surface area contributed by atoms with E-state index < -0.39 is 17.7 Å². The molecule has 0 aliphatic carbocycles. The fourth-order valence-corrected chi connectivity index (χ4v) is 3.68. The molecule has 6 heteroatoms. The van der Waals surface area contributed by atoms with Crippen molar-refractivity contribution in [3.8, 4) is 5.75 Å². The lowest BCUT2D eigenvalue weighted by Gasteiger charge is -2.25. The van der Waals surface area contributed by atoms with E-state index in [4.69, 9.17) is 9.47 Å². The van der Waals surface area contributed by atoms with E-state index in [1.165, 1.54) is 4.90 Å². The Morgan fingerprint density at radius 2 is 1.74 bits per heavy atom. The standard InChI is InChI=1S/C25H29NO5/c1-4-30-20-13-11-19(12-14-20)23(27)21-22(18-9-6-5-7-10-18)26(25(29)24(21)28)15-8-16-31-17(2)3/h5-7,9-14,17,22,27H,4,8,15-16H2,1-3H3/t22-/m0/s1. The minimum absolute atomic E-state index is 0.0972. The van der Waals surface area contributed by atoms with E-state index in [-0.39, 0.29) is 17.4 Å². The fourth-order valence-electron chi connectivity index (χ4n) is 3.68. The number of benzene rings is 2. The van der Waals surface area contributed by atoms with Crippen molar-refractivity contribution >= 4 is 17.4 Å². The number of amides is 1. The topological polar surface area (TPSA) is 76.1 Å². The summed E-state index contributed by atoms with van der Waals surface area (Å²) >= 11 is 0. The Hall–Kier alpha value is -3.12. The molecule has 0 saturated carbocycles. The molecule has 0 radical (unpaired) electrons. The van der Waals surface area contributed by atoms with Crippen LogP contribution in [0.5, 0.6) is 5.75 Å². The smallest absolute Gasteiger partial charge is 0.295 e. The van der Waals surface area contributed by atoms with Gasteiger partial charge in [-0.1, -0.05) is 30.3 Å². The average Bonchev–Trinajstić information content (AvgIpc) is 3.02. The SMILES string of the molecule is CCOc1ccc(C(O)=C2C(=O)C(=O)N(CCCOC(C)C)[C@H]2c2ccccc2)cc1. The normalized spacial score (nSPS) is 18.1. The Kier molecular flexibility index (Phi) is 7.47. The molecule has 0 spiro atoms. The van der Waals surface area contributed by atoms with Gasteiger partial charge in [-0.05, 0) is 57.0 Å². The number of likely N-dealkylation sites (tertiary alicyclic amines) is 1. The molecule has 1 amide bonds. The zero-order valence-electron chi connectivity index (χ0n) is 18.2. The van der Waals surface area contributed by atoms with Crippen LogP contribution in [-0.4, -0.2) is 47.6 Å². The molecule has 6 nitrogen and oxygen atoms in total. The molecule has 1 atom stereocenters. The molecule has 1 aliphatic heterocycles. The van der Waals surface area contributed by atoms with Gasteiger partial charge in [0.05, 0.1) is 24.3 Å². The molecular weight excluding hydrogens is 394 g/mol. The molecule has 1 fully saturated rings. The molecular formula is C25H29NO5. The lowest BCUT2D eigenvalue weighted by atomic mass is 9.95. The van der Waals surface area contributed by atoms with Crippen molar-refractivity contribution in [1.82, 2.24) is 4.90 Å². The minimum Gasteiger partial charge on any atom is -0.507 e. The van der Waals surface area contributed by atoms with Crippen LogP contribution >= 0.6 is 0 Å². The van der Waals surface area contributed by atoms with Crippen LogP contribution in [0.15, 0.2) is 60.2 Å². The number of ketones is 1. The molecule has 3 rings (SSSR count). The van der Waals surface area contributed by atoms with E-state index in [1.54, 1.807) is 24.3 Å². The molecule has 2 aromatic rings. The van der Waals surface area contributed by atoms with Crippen molar-refractivity contribution in [2.24, 2.45) is 0 Å². The first-order valence-corrected chi connectivity index (χ1v) is 10.6. The second-order valence-electron chi connectivity index (χ2n) is 7.63. The van der Waals surface area contributed by atoms with Gasteiger partial charge in [-0.2, -0.15) is 0 Å². The molecule has 1 saturated heterocycles. The minimum atomic E-state index is -0.676. The van der Waals surface area contributed by atoms with Crippen molar-refractivity contribution in [3.63, 3.8) is 0 Å². The third-order valence-corrected chi connectivity index (χ3v) is 5.09. The average molecular weight is 424 g/mol. The third kappa shape index (κ3) is 5.14. The number of nitrogens with zero attached hydrogens (tertiary/aromatic N) is 1. The second-order valence-corrected chi connectivity index (χ2v) is 7.63. The van der Waals surface area contributed by atoms with Gasteiger partial charge in [-0.3, -0.25) is 9.59 Å². The number of carbonyl (C=O) groups is 2. The van der Waals surface area contributed by atoms with Crippen LogP contribution in [-0.2, 0) is 14.3 Å². The Labute approximate surface area is 183 Å². The van der Waals surface area contributed by atoms with E-state index in [1.807, 2.05) is 51.1 Å². The molecule has 1 aliphatic rings. The molecule has 31 heavy (non-hydrogen) atoms. The van der Waals surface area contributed by atoms with Crippen LogP contribution in [0, 0.1) is 0 Å². The molecule has 2 aromatic carbocycles. The second kappa shape index (κ2) is 10.3. The Balaban J connectivity index is 1.97. The Bertz CT molecular complexity index is 934. The highest BCUT2D eigenvalue weighted by Gasteiger charge is 2.45. The number of Topliss-reactive ketones (excluding diaryl/α,β-unsaturated/α-hetero) is 1. The molecule has 0 unspecified atom stereocenters. The Morgan fingerprint density at radius 1 is 1.06 bits per heavy atom. The largest absolute Gasteiger partial charge is 0.507 e. The zero-order chi connectivity index (χ0) is 22.4. The van der Waals surface area contributed by atoms with Gasteiger partial charge in [0.2, 0.25) is 0 Å². The quantitative estimate of drug-likeness (QED) is 0.281. The van der Waals surface area contributed by atoms with Crippen molar-refractivity contribution in [3.05, 3.63) is 71.3 Å². The Morgan fingerprint density at radius 3 is 2.35 bits per heavy atom. The maximum atomic E-state index is 13.0. The zero-order valence-corrected chi connectivity index (χ0v) is 18.2. The number of ether oxygens (including phenoxy) is 2. The summed E-state index contributed by atoms with van der Waals surface area (Å²) < 4.78 is 11.0. The highest BCUT2D eigenvalue weighted by molar-refractivity contribution is 6.46. The summed E-state index contributed by atoms with van der Waals surface area (Å²) in [7, 11) is 0. The number of carbonyl (C=O) groups excluding carboxylic acids is 2. The van der Waals surface area contributed by atoms with Crippen molar-refractivity contribution in [2.75, 3.05) is 19.8 Å². The number of rotatable bonds is 9. The summed E-state index contributed by atoms with van der Waals surface area (Å²) in [6.45, 7) is 7.17. The van der Waals surface area contributed by atoms with Gasteiger partial charge in [0.25, 0.3) is 11.7 Å². The summed E-state index contributed by atoms with van der Waals surface area (Å²) in [5.74, 6) is -0.795. The van der Waals surface area contributed by atoms with Crippen LogP contribution in [0.25, 0.3) is 5.76 Å². The van der Waals surface area contributed by atoms with Crippen LogP contribution in [0.2, 0.25) is 0 Å². The van der Waals surface area contributed by atoms with Crippen LogP contribution in [0.4, 0.5) is 0 Å². The fraction of sp³-hybridized carbons (Fsp3) is 0.360. The molecule has 0 aromatic heterocycles. The van der Waals surface area contributed by atoms with E-state index in [0.717, 1.165) is 5.56 Å². The van der Waals surface area contributed by atoms with E-state index in [9.17, 15) is 14.7 Å². The number of hydrogen-bond acceptors (Lipinski definition) is 5. The van der Waals surface area contributed by atoms with E-state index >= 15 is 0 Å². The lowest BCUT2D eigenvalue weighted by Crippen LogP contribution is -2.31. The maximum Gasteiger partial charge on any atom is 0.295 e. The lowest BCUT2D eigenvalue weighted by molar-refractivity contribution is -0.140.